The predicted molar refractivity (Wildman–Crippen MR) is 82.3 cm³/mol. The highest BCUT2D eigenvalue weighted by molar-refractivity contribution is 6.30. The third kappa shape index (κ3) is 2.56. The molecule has 21 heavy (non-hydrogen) atoms. The summed E-state index contributed by atoms with van der Waals surface area (Å²) in [6.45, 7) is 4.41. The van der Waals surface area contributed by atoms with E-state index in [0.717, 1.165) is 35.4 Å². The zero-order valence-electron chi connectivity index (χ0n) is 12.2. The molecule has 1 aromatic heterocycles. The summed E-state index contributed by atoms with van der Waals surface area (Å²) in [5.41, 5.74) is 3.61. The average molecular weight is 304 g/mol. The number of halogens is 1. The van der Waals surface area contributed by atoms with Gasteiger partial charge in [0.25, 0.3) is 0 Å². The number of nitrogens with zero attached hydrogens (tertiary/aromatic N) is 1. The Morgan fingerprint density at radius 3 is 2.76 bits per heavy atom. The second kappa shape index (κ2) is 5.19. The predicted octanol–water partition coefficient (Wildman–Crippen LogP) is 3.03. The largest absolute Gasteiger partial charge is 0.351 e. The zero-order valence-corrected chi connectivity index (χ0v) is 12.9. The van der Waals surface area contributed by atoms with E-state index in [1.54, 1.807) is 0 Å². The van der Waals surface area contributed by atoms with E-state index >= 15 is 0 Å². The van der Waals surface area contributed by atoms with Crippen LogP contribution in [-0.2, 0) is 16.8 Å². The van der Waals surface area contributed by atoms with E-state index in [9.17, 15) is 4.79 Å². The highest BCUT2D eigenvalue weighted by atomic mass is 35.5. The van der Waals surface area contributed by atoms with E-state index in [1.165, 1.54) is 0 Å². The number of benzene rings is 1. The van der Waals surface area contributed by atoms with Crippen LogP contribution in [0, 0.1) is 13.8 Å². The smallest absolute Gasteiger partial charge is 0.230 e. The van der Waals surface area contributed by atoms with Gasteiger partial charge in [-0.05, 0) is 44.4 Å². The van der Waals surface area contributed by atoms with Crippen LogP contribution >= 0.6 is 11.6 Å². The molecule has 3 rings (SSSR count). The molecule has 0 unspecified atom stereocenters. The molecule has 2 N–H and O–H groups in total. The van der Waals surface area contributed by atoms with Crippen LogP contribution < -0.4 is 5.32 Å². The van der Waals surface area contributed by atoms with E-state index in [-0.39, 0.29) is 5.91 Å². The molecule has 0 saturated heterocycles. The fourth-order valence-corrected chi connectivity index (χ4v) is 2.92. The maximum absolute atomic E-state index is 12.6. The Morgan fingerprint density at radius 2 is 2.19 bits per heavy atom. The summed E-state index contributed by atoms with van der Waals surface area (Å²) in [6.07, 6.45) is 1.76. The number of aryl methyl sites for hydroxylation is 2. The molecule has 5 heteroatoms. The van der Waals surface area contributed by atoms with Crippen molar-refractivity contribution in [3.05, 3.63) is 51.8 Å². The third-order valence-electron chi connectivity index (χ3n) is 4.27. The minimum atomic E-state index is -0.392. The van der Waals surface area contributed by atoms with Crippen molar-refractivity contribution in [1.29, 1.82) is 0 Å². The second-order valence-electron chi connectivity index (χ2n) is 5.69. The molecule has 1 heterocycles. The third-order valence-corrected chi connectivity index (χ3v) is 4.50. The van der Waals surface area contributed by atoms with Crippen molar-refractivity contribution < 1.29 is 4.79 Å². The number of aromatic amines is 1. The van der Waals surface area contributed by atoms with Gasteiger partial charge in [0.05, 0.1) is 11.1 Å². The number of hydrogen-bond donors (Lipinski definition) is 2. The second-order valence-corrected chi connectivity index (χ2v) is 6.12. The number of rotatable bonds is 4. The van der Waals surface area contributed by atoms with Gasteiger partial charge in [0.1, 0.15) is 0 Å². The molecule has 1 saturated carbocycles. The molecule has 0 atom stereocenters. The van der Waals surface area contributed by atoms with E-state index in [4.69, 9.17) is 11.6 Å². The number of carbonyl (C=O) groups is 1. The lowest BCUT2D eigenvalue weighted by molar-refractivity contribution is -0.123. The first-order valence-corrected chi connectivity index (χ1v) is 7.45. The maximum Gasteiger partial charge on any atom is 0.230 e. The van der Waals surface area contributed by atoms with Gasteiger partial charge in [0.2, 0.25) is 5.91 Å². The first-order valence-electron chi connectivity index (χ1n) is 7.08. The lowest BCUT2D eigenvalue weighted by atomic mass is 9.95. The van der Waals surface area contributed by atoms with Crippen LogP contribution in [0.1, 0.15) is 35.4 Å². The molecule has 1 aliphatic rings. The van der Waals surface area contributed by atoms with E-state index in [2.05, 4.69) is 15.5 Å². The van der Waals surface area contributed by atoms with Crippen LogP contribution in [0.3, 0.4) is 0 Å². The van der Waals surface area contributed by atoms with Crippen molar-refractivity contribution in [2.75, 3.05) is 0 Å². The highest BCUT2D eigenvalue weighted by Gasteiger charge is 2.51. The van der Waals surface area contributed by atoms with Crippen molar-refractivity contribution in [3.63, 3.8) is 0 Å². The summed E-state index contributed by atoms with van der Waals surface area (Å²) < 4.78 is 0. The monoisotopic (exact) mass is 303 g/mol. The van der Waals surface area contributed by atoms with Crippen LogP contribution in [0.5, 0.6) is 0 Å². The van der Waals surface area contributed by atoms with Crippen LogP contribution in [0.25, 0.3) is 0 Å². The van der Waals surface area contributed by atoms with Crippen LogP contribution in [-0.4, -0.2) is 16.1 Å². The molecule has 0 bridgehead atoms. The minimum Gasteiger partial charge on any atom is -0.351 e. The molecule has 1 amide bonds. The Hall–Kier alpha value is -1.81. The standard InChI is InChI=1S/C16H18ClN3O/c1-10-14(11(2)20-19-10)9-18-15(21)16(6-7-16)12-4-3-5-13(17)8-12/h3-5,8H,6-7,9H2,1-2H3,(H,18,21)(H,19,20). The lowest BCUT2D eigenvalue weighted by Crippen LogP contribution is -2.34. The summed E-state index contributed by atoms with van der Waals surface area (Å²) in [7, 11) is 0. The zero-order chi connectivity index (χ0) is 15.0. The van der Waals surface area contributed by atoms with E-state index in [0.29, 0.717) is 11.6 Å². The number of H-pyrrole nitrogens is 1. The van der Waals surface area contributed by atoms with Crippen molar-refractivity contribution >= 4 is 17.5 Å². The topological polar surface area (TPSA) is 57.8 Å². The van der Waals surface area contributed by atoms with Gasteiger partial charge in [0, 0.05) is 22.8 Å². The van der Waals surface area contributed by atoms with Gasteiger partial charge in [-0.15, -0.1) is 0 Å². The normalized spacial score (nSPS) is 15.8. The molecule has 1 aromatic carbocycles. The Labute approximate surface area is 128 Å². The highest BCUT2D eigenvalue weighted by Crippen LogP contribution is 2.48. The van der Waals surface area contributed by atoms with Gasteiger partial charge in [-0.2, -0.15) is 5.10 Å². The van der Waals surface area contributed by atoms with E-state index < -0.39 is 5.41 Å². The number of aromatic nitrogens is 2. The lowest BCUT2D eigenvalue weighted by Gasteiger charge is -2.16. The molecule has 4 nitrogen and oxygen atoms in total. The summed E-state index contributed by atoms with van der Waals surface area (Å²) >= 11 is 6.04. The van der Waals surface area contributed by atoms with Crippen molar-refractivity contribution in [1.82, 2.24) is 15.5 Å². The first kappa shape index (κ1) is 14.1. The molecule has 1 fully saturated rings. The summed E-state index contributed by atoms with van der Waals surface area (Å²) in [5.74, 6) is 0.0739. The van der Waals surface area contributed by atoms with Gasteiger partial charge in [-0.25, -0.2) is 0 Å². The molecule has 0 radical (unpaired) electrons. The first-order chi connectivity index (χ1) is 10.0. The number of hydrogen-bond acceptors (Lipinski definition) is 2. The van der Waals surface area contributed by atoms with Crippen LogP contribution in [0.15, 0.2) is 24.3 Å². The molecule has 0 spiro atoms. The molecular formula is C16H18ClN3O. The summed E-state index contributed by atoms with van der Waals surface area (Å²) in [6, 6.07) is 7.60. The average Bonchev–Trinajstić information content (AvgIpc) is 3.21. The van der Waals surface area contributed by atoms with E-state index in [1.807, 2.05) is 38.1 Å². The number of nitrogens with one attached hydrogen (secondary N) is 2. The van der Waals surface area contributed by atoms with Gasteiger partial charge < -0.3 is 5.32 Å². The molecule has 2 aromatic rings. The Balaban J connectivity index is 1.74. The summed E-state index contributed by atoms with van der Waals surface area (Å²) in [5, 5.41) is 10.8. The van der Waals surface area contributed by atoms with Crippen LogP contribution in [0.4, 0.5) is 0 Å². The molecular weight excluding hydrogens is 286 g/mol. The summed E-state index contributed by atoms with van der Waals surface area (Å²) in [4.78, 5) is 12.6. The van der Waals surface area contributed by atoms with Gasteiger partial charge in [-0.3, -0.25) is 9.89 Å². The Bertz CT molecular complexity index is 669. The van der Waals surface area contributed by atoms with Gasteiger partial charge in [0.15, 0.2) is 0 Å². The van der Waals surface area contributed by atoms with Crippen molar-refractivity contribution in [3.8, 4) is 0 Å². The van der Waals surface area contributed by atoms with Crippen molar-refractivity contribution in [2.24, 2.45) is 0 Å². The van der Waals surface area contributed by atoms with Gasteiger partial charge in [-0.1, -0.05) is 23.7 Å². The Morgan fingerprint density at radius 1 is 1.43 bits per heavy atom. The molecule has 110 valence electrons. The fraction of sp³-hybridized carbons (Fsp3) is 0.375. The SMILES string of the molecule is Cc1n[nH]c(C)c1CNC(=O)C1(c2cccc(Cl)c2)CC1. The molecule has 0 aliphatic heterocycles. The van der Waals surface area contributed by atoms with Crippen LogP contribution in [0.2, 0.25) is 5.02 Å². The quantitative estimate of drug-likeness (QED) is 0.912. The van der Waals surface area contributed by atoms with Gasteiger partial charge >= 0.3 is 0 Å². The number of carbonyl (C=O) groups excluding carboxylic acids is 1. The minimum absolute atomic E-state index is 0.0739. The molecule has 1 aliphatic carbocycles. The fourth-order valence-electron chi connectivity index (χ4n) is 2.73. The maximum atomic E-state index is 12.6. The Kier molecular flexibility index (Phi) is 3.49. The number of amides is 1. The van der Waals surface area contributed by atoms with Crippen molar-refractivity contribution in [2.45, 2.75) is 38.6 Å².